The van der Waals surface area contributed by atoms with Crippen molar-refractivity contribution in [2.45, 2.75) is 37.9 Å². The Morgan fingerprint density at radius 1 is 1.43 bits per heavy atom. The molecule has 1 aromatic carbocycles. The number of benzene rings is 1. The van der Waals surface area contributed by atoms with Crippen molar-refractivity contribution in [3.05, 3.63) is 24.3 Å². The fourth-order valence-corrected chi connectivity index (χ4v) is 3.44. The summed E-state index contributed by atoms with van der Waals surface area (Å²) in [6.45, 7) is 7.03. The van der Waals surface area contributed by atoms with Crippen molar-refractivity contribution in [1.29, 1.82) is 5.26 Å². The molecule has 2 amide bonds. The Morgan fingerprint density at radius 3 is 2.74 bits per heavy atom. The molecule has 1 aromatic rings. The highest BCUT2D eigenvalue weighted by atomic mass is 32.2. The van der Waals surface area contributed by atoms with Crippen LogP contribution in [0.25, 0.3) is 0 Å². The van der Waals surface area contributed by atoms with E-state index in [2.05, 4.69) is 11.4 Å². The van der Waals surface area contributed by atoms with Gasteiger partial charge in [0.05, 0.1) is 29.9 Å². The van der Waals surface area contributed by atoms with Crippen LogP contribution < -0.4 is 5.32 Å². The van der Waals surface area contributed by atoms with E-state index in [0.717, 1.165) is 10.6 Å². The van der Waals surface area contributed by atoms with E-state index in [4.69, 9.17) is 10.00 Å². The van der Waals surface area contributed by atoms with Gasteiger partial charge in [-0.1, -0.05) is 12.1 Å². The first-order valence-electron chi connectivity index (χ1n) is 7.82. The highest BCUT2D eigenvalue weighted by molar-refractivity contribution is 7.99. The maximum absolute atomic E-state index is 12.5. The van der Waals surface area contributed by atoms with Gasteiger partial charge in [-0.05, 0) is 32.9 Å². The van der Waals surface area contributed by atoms with Gasteiger partial charge in [0.1, 0.15) is 0 Å². The maximum Gasteiger partial charge on any atom is 0.322 e. The molecule has 23 heavy (non-hydrogen) atoms. The van der Waals surface area contributed by atoms with Crippen LogP contribution in [-0.2, 0) is 4.74 Å². The molecule has 3 atom stereocenters. The van der Waals surface area contributed by atoms with E-state index in [1.54, 1.807) is 16.7 Å². The van der Waals surface area contributed by atoms with Crippen molar-refractivity contribution in [3.8, 4) is 6.07 Å². The number of carbonyl (C=O) groups is 1. The average molecular weight is 333 g/mol. The Labute approximate surface area is 142 Å². The van der Waals surface area contributed by atoms with Crippen LogP contribution in [0.2, 0.25) is 0 Å². The van der Waals surface area contributed by atoms with Gasteiger partial charge in [-0.3, -0.25) is 0 Å². The molecular weight excluding hydrogens is 310 g/mol. The Bertz CT molecular complexity index is 577. The standard InChI is InChI=1S/C17H23N3O2S/c1-12(8-18)11-23-16-7-5-4-6-15(16)19-17(21)20-9-13(2)22-14(3)10-20/h4-7,12-14H,9-11H2,1-3H3,(H,19,21). The molecule has 0 aliphatic carbocycles. The predicted molar refractivity (Wildman–Crippen MR) is 92.5 cm³/mol. The first-order chi connectivity index (χ1) is 11.0. The van der Waals surface area contributed by atoms with E-state index in [9.17, 15) is 4.79 Å². The summed E-state index contributed by atoms with van der Waals surface area (Å²) in [5, 5.41) is 11.9. The second-order valence-corrected chi connectivity index (χ2v) is 6.99. The third-order valence-electron chi connectivity index (χ3n) is 3.54. The maximum atomic E-state index is 12.5. The van der Waals surface area contributed by atoms with E-state index < -0.39 is 0 Å². The third-order valence-corrected chi connectivity index (χ3v) is 4.88. The number of ether oxygens (including phenoxy) is 1. The molecule has 1 saturated heterocycles. The number of nitriles is 1. The highest BCUT2D eigenvalue weighted by Crippen LogP contribution is 2.29. The number of anilines is 1. The number of urea groups is 1. The molecule has 0 aromatic heterocycles. The van der Waals surface area contributed by atoms with Gasteiger partial charge < -0.3 is 15.0 Å². The number of para-hydroxylation sites is 1. The molecule has 0 bridgehead atoms. The zero-order valence-corrected chi connectivity index (χ0v) is 14.6. The summed E-state index contributed by atoms with van der Waals surface area (Å²) < 4.78 is 5.66. The third kappa shape index (κ3) is 5.15. The Hall–Kier alpha value is -1.71. The zero-order valence-electron chi connectivity index (χ0n) is 13.8. The van der Waals surface area contributed by atoms with Crippen LogP contribution in [0.15, 0.2) is 29.2 Å². The first-order valence-corrected chi connectivity index (χ1v) is 8.81. The second-order valence-electron chi connectivity index (χ2n) is 5.93. The number of nitrogens with zero attached hydrogens (tertiary/aromatic N) is 2. The lowest BCUT2D eigenvalue weighted by atomic mass is 10.2. The number of thioether (sulfide) groups is 1. The van der Waals surface area contributed by atoms with Crippen molar-refractivity contribution < 1.29 is 9.53 Å². The molecule has 1 N–H and O–H groups in total. The summed E-state index contributed by atoms with van der Waals surface area (Å²) in [5.41, 5.74) is 0.791. The molecule has 2 rings (SSSR count). The van der Waals surface area contributed by atoms with Crippen molar-refractivity contribution in [2.24, 2.45) is 5.92 Å². The van der Waals surface area contributed by atoms with Gasteiger partial charge in [0, 0.05) is 23.7 Å². The SMILES string of the molecule is CC(C#N)CSc1ccccc1NC(=O)N1CC(C)OC(C)C1. The molecule has 124 valence electrons. The van der Waals surface area contributed by atoms with Crippen molar-refractivity contribution >= 4 is 23.5 Å². The van der Waals surface area contributed by atoms with Crippen LogP contribution in [0, 0.1) is 17.2 Å². The van der Waals surface area contributed by atoms with Crippen LogP contribution in [0.4, 0.5) is 10.5 Å². The molecule has 1 fully saturated rings. The topological polar surface area (TPSA) is 65.4 Å². The van der Waals surface area contributed by atoms with Crippen molar-refractivity contribution in [1.82, 2.24) is 4.90 Å². The minimum atomic E-state index is -0.103. The number of hydrogen-bond acceptors (Lipinski definition) is 4. The number of carbonyl (C=O) groups excluding carboxylic acids is 1. The lowest BCUT2D eigenvalue weighted by molar-refractivity contribution is -0.0530. The average Bonchev–Trinajstić information content (AvgIpc) is 2.52. The van der Waals surface area contributed by atoms with Gasteiger partial charge in [0.2, 0.25) is 0 Å². The highest BCUT2D eigenvalue weighted by Gasteiger charge is 2.26. The Balaban J connectivity index is 2.02. The molecular formula is C17H23N3O2S. The number of amides is 2. The summed E-state index contributed by atoms with van der Waals surface area (Å²) in [5.74, 6) is 0.680. The molecule has 3 unspecified atom stereocenters. The fourth-order valence-electron chi connectivity index (χ4n) is 2.49. The van der Waals surface area contributed by atoms with Gasteiger partial charge in [-0.25, -0.2) is 4.79 Å². The van der Waals surface area contributed by atoms with Gasteiger partial charge in [-0.2, -0.15) is 5.26 Å². The minimum absolute atomic E-state index is 0.0234. The summed E-state index contributed by atoms with van der Waals surface area (Å²) in [6.07, 6.45) is 0.0937. The number of hydrogen-bond donors (Lipinski definition) is 1. The Kier molecular flexibility index (Phi) is 6.31. The van der Waals surface area contributed by atoms with Crippen LogP contribution in [-0.4, -0.2) is 42.0 Å². The quantitative estimate of drug-likeness (QED) is 0.855. The molecule has 0 saturated carbocycles. The van der Waals surface area contributed by atoms with Gasteiger partial charge in [0.15, 0.2) is 0 Å². The summed E-state index contributed by atoms with van der Waals surface area (Å²) in [4.78, 5) is 15.3. The molecule has 1 aliphatic heterocycles. The van der Waals surface area contributed by atoms with E-state index >= 15 is 0 Å². The van der Waals surface area contributed by atoms with E-state index in [1.165, 1.54) is 0 Å². The summed E-state index contributed by atoms with van der Waals surface area (Å²) in [7, 11) is 0. The zero-order chi connectivity index (χ0) is 16.8. The summed E-state index contributed by atoms with van der Waals surface area (Å²) in [6, 6.07) is 9.82. The fraction of sp³-hybridized carbons (Fsp3) is 0.529. The predicted octanol–water partition coefficient (Wildman–Crippen LogP) is 3.58. The second kappa shape index (κ2) is 8.23. The molecule has 1 aliphatic rings. The van der Waals surface area contributed by atoms with E-state index in [0.29, 0.717) is 18.8 Å². The smallest absolute Gasteiger partial charge is 0.322 e. The van der Waals surface area contributed by atoms with Crippen molar-refractivity contribution in [3.63, 3.8) is 0 Å². The lowest BCUT2D eigenvalue weighted by Gasteiger charge is -2.35. The van der Waals surface area contributed by atoms with Crippen LogP contribution in [0.3, 0.4) is 0 Å². The van der Waals surface area contributed by atoms with Gasteiger partial charge in [0.25, 0.3) is 0 Å². The first kappa shape index (κ1) is 17.6. The van der Waals surface area contributed by atoms with Gasteiger partial charge in [-0.15, -0.1) is 11.8 Å². The molecule has 1 heterocycles. The Morgan fingerprint density at radius 2 is 2.09 bits per heavy atom. The van der Waals surface area contributed by atoms with E-state index in [-0.39, 0.29) is 24.2 Å². The van der Waals surface area contributed by atoms with Crippen LogP contribution >= 0.6 is 11.8 Å². The molecule has 6 heteroatoms. The van der Waals surface area contributed by atoms with Crippen LogP contribution in [0.5, 0.6) is 0 Å². The largest absolute Gasteiger partial charge is 0.372 e. The molecule has 0 spiro atoms. The van der Waals surface area contributed by atoms with Crippen molar-refractivity contribution in [2.75, 3.05) is 24.2 Å². The van der Waals surface area contributed by atoms with Gasteiger partial charge >= 0.3 is 6.03 Å². The molecule has 0 radical (unpaired) electrons. The van der Waals surface area contributed by atoms with E-state index in [1.807, 2.05) is 45.0 Å². The number of morpholine rings is 1. The summed E-state index contributed by atoms with van der Waals surface area (Å²) >= 11 is 1.59. The normalized spacial score (nSPS) is 22.3. The number of nitrogens with one attached hydrogen (secondary N) is 1. The van der Waals surface area contributed by atoms with Crippen LogP contribution in [0.1, 0.15) is 20.8 Å². The molecule has 5 nitrogen and oxygen atoms in total. The lowest BCUT2D eigenvalue weighted by Crippen LogP contribution is -2.49. The monoisotopic (exact) mass is 333 g/mol. The minimum Gasteiger partial charge on any atom is -0.372 e. The number of rotatable bonds is 4.